The molecule has 0 aromatic carbocycles. The molecular formula is C11H16N2O4S. The zero-order valence-corrected chi connectivity index (χ0v) is 11.6. The van der Waals surface area contributed by atoms with Gasteiger partial charge in [0.2, 0.25) is 0 Å². The van der Waals surface area contributed by atoms with Gasteiger partial charge in [-0.2, -0.15) is 0 Å². The largest absolute Gasteiger partial charge is 0.477 e. The highest BCUT2D eigenvalue weighted by Gasteiger charge is 2.26. The molecule has 6 nitrogen and oxygen atoms in total. The normalized spacial score (nSPS) is 11.3. The summed E-state index contributed by atoms with van der Waals surface area (Å²) in [6, 6.07) is 0. The number of ether oxygens (including phenoxy) is 1. The molecule has 0 saturated heterocycles. The lowest BCUT2D eigenvalue weighted by molar-refractivity contribution is -0.139. The molecule has 7 heteroatoms. The number of nitrogens with zero attached hydrogens (tertiary/aromatic N) is 1. The molecule has 0 saturated carbocycles. The van der Waals surface area contributed by atoms with Gasteiger partial charge in [-0.05, 0) is 20.8 Å². The van der Waals surface area contributed by atoms with E-state index < -0.39 is 11.6 Å². The Morgan fingerprint density at radius 2 is 2.11 bits per heavy atom. The number of carboxylic acids is 1. The molecule has 0 spiro atoms. The van der Waals surface area contributed by atoms with Crippen molar-refractivity contribution < 1.29 is 19.4 Å². The standard InChI is InChI=1S/C11H16N2O4S/c1-6-8(9(14)15)18-7(13-6)5-12-10(16)11(2,3)17-4/h5H2,1-4H3,(H,12,16)(H,14,15). The minimum Gasteiger partial charge on any atom is -0.477 e. The second kappa shape index (κ2) is 5.45. The topological polar surface area (TPSA) is 88.5 Å². The molecule has 0 fully saturated rings. The average molecular weight is 272 g/mol. The van der Waals surface area contributed by atoms with E-state index in [1.54, 1.807) is 20.8 Å². The van der Waals surface area contributed by atoms with Crippen LogP contribution in [0.1, 0.15) is 34.2 Å². The van der Waals surface area contributed by atoms with E-state index in [9.17, 15) is 9.59 Å². The Bertz CT molecular complexity index is 468. The molecule has 0 aliphatic rings. The van der Waals surface area contributed by atoms with Crippen molar-refractivity contribution in [2.75, 3.05) is 7.11 Å². The van der Waals surface area contributed by atoms with E-state index in [4.69, 9.17) is 9.84 Å². The molecule has 0 aliphatic heterocycles. The van der Waals surface area contributed by atoms with Crippen molar-refractivity contribution in [1.29, 1.82) is 0 Å². The van der Waals surface area contributed by atoms with Gasteiger partial charge in [-0.15, -0.1) is 11.3 Å². The molecule has 2 N–H and O–H groups in total. The number of carbonyl (C=O) groups excluding carboxylic acids is 1. The van der Waals surface area contributed by atoms with E-state index in [-0.39, 0.29) is 17.3 Å². The zero-order chi connectivity index (χ0) is 13.9. The van der Waals surface area contributed by atoms with Crippen molar-refractivity contribution in [3.63, 3.8) is 0 Å². The van der Waals surface area contributed by atoms with Crippen molar-refractivity contribution in [2.24, 2.45) is 0 Å². The monoisotopic (exact) mass is 272 g/mol. The van der Waals surface area contributed by atoms with E-state index in [1.165, 1.54) is 7.11 Å². The predicted octanol–water partition coefficient (Wildman–Crippen LogP) is 1.19. The lowest BCUT2D eigenvalue weighted by Gasteiger charge is -2.21. The van der Waals surface area contributed by atoms with Gasteiger partial charge >= 0.3 is 5.97 Å². The number of aryl methyl sites for hydroxylation is 1. The summed E-state index contributed by atoms with van der Waals surface area (Å²) in [5.41, 5.74) is -0.454. The van der Waals surface area contributed by atoms with Crippen LogP contribution in [0.2, 0.25) is 0 Å². The number of carbonyl (C=O) groups is 2. The van der Waals surface area contributed by atoms with Crippen molar-refractivity contribution in [2.45, 2.75) is 32.9 Å². The van der Waals surface area contributed by atoms with Gasteiger partial charge in [0.25, 0.3) is 5.91 Å². The third kappa shape index (κ3) is 3.27. The number of hydrogen-bond acceptors (Lipinski definition) is 5. The van der Waals surface area contributed by atoms with Crippen LogP contribution in [0.25, 0.3) is 0 Å². The Balaban J connectivity index is 2.68. The van der Waals surface area contributed by atoms with Crippen LogP contribution < -0.4 is 5.32 Å². The lowest BCUT2D eigenvalue weighted by atomic mass is 10.1. The molecule has 0 atom stereocenters. The fourth-order valence-electron chi connectivity index (χ4n) is 1.19. The summed E-state index contributed by atoms with van der Waals surface area (Å²) < 4.78 is 5.03. The summed E-state index contributed by atoms with van der Waals surface area (Å²) in [5.74, 6) is -1.27. The highest BCUT2D eigenvalue weighted by atomic mass is 32.1. The van der Waals surface area contributed by atoms with Crippen molar-refractivity contribution in [3.8, 4) is 0 Å². The average Bonchev–Trinajstić information content (AvgIpc) is 2.67. The van der Waals surface area contributed by atoms with Crippen LogP contribution in [0.15, 0.2) is 0 Å². The maximum atomic E-state index is 11.7. The highest BCUT2D eigenvalue weighted by Crippen LogP contribution is 2.18. The SMILES string of the molecule is COC(C)(C)C(=O)NCc1nc(C)c(C(=O)O)s1. The van der Waals surface area contributed by atoms with E-state index >= 15 is 0 Å². The Kier molecular flexibility index (Phi) is 4.42. The number of nitrogens with one attached hydrogen (secondary N) is 1. The molecule has 1 rings (SSSR count). The predicted molar refractivity (Wildman–Crippen MR) is 66.7 cm³/mol. The first-order valence-electron chi connectivity index (χ1n) is 5.31. The molecule has 1 aromatic rings. The number of hydrogen-bond donors (Lipinski definition) is 2. The van der Waals surface area contributed by atoms with Crippen molar-refractivity contribution in [1.82, 2.24) is 10.3 Å². The first kappa shape index (κ1) is 14.6. The van der Waals surface area contributed by atoms with Gasteiger partial charge in [-0.25, -0.2) is 9.78 Å². The fourth-order valence-corrected chi connectivity index (χ4v) is 2.03. The molecule has 0 radical (unpaired) electrons. The zero-order valence-electron chi connectivity index (χ0n) is 10.7. The van der Waals surface area contributed by atoms with Crippen LogP contribution >= 0.6 is 11.3 Å². The molecular weight excluding hydrogens is 256 g/mol. The van der Waals surface area contributed by atoms with Crippen LogP contribution in [0, 0.1) is 6.92 Å². The quantitative estimate of drug-likeness (QED) is 0.840. The number of amides is 1. The van der Waals surface area contributed by atoms with Gasteiger partial charge in [0.05, 0.1) is 12.2 Å². The second-order valence-corrected chi connectivity index (χ2v) is 5.31. The van der Waals surface area contributed by atoms with E-state index in [0.717, 1.165) is 11.3 Å². The van der Waals surface area contributed by atoms with Crippen molar-refractivity contribution >= 4 is 23.2 Å². The summed E-state index contributed by atoms with van der Waals surface area (Å²) in [6.45, 7) is 5.13. The summed E-state index contributed by atoms with van der Waals surface area (Å²) in [4.78, 5) is 26.9. The third-order valence-corrected chi connectivity index (χ3v) is 3.64. The maximum absolute atomic E-state index is 11.7. The van der Waals surface area contributed by atoms with Crippen LogP contribution in [0.4, 0.5) is 0 Å². The number of aromatic carboxylic acids is 1. The van der Waals surface area contributed by atoms with Gasteiger partial charge in [0.1, 0.15) is 15.5 Å². The van der Waals surface area contributed by atoms with Crippen LogP contribution in [-0.2, 0) is 16.1 Å². The number of thiazole rings is 1. The van der Waals surface area contributed by atoms with Gasteiger partial charge < -0.3 is 15.2 Å². The highest BCUT2D eigenvalue weighted by molar-refractivity contribution is 7.13. The minimum atomic E-state index is -1.00. The lowest BCUT2D eigenvalue weighted by Crippen LogP contribution is -2.43. The molecule has 0 aliphatic carbocycles. The van der Waals surface area contributed by atoms with Gasteiger partial charge in [0.15, 0.2) is 0 Å². The molecule has 1 amide bonds. The van der Waals surface area contributed by atoms with Crippen LogP contribution in [0.5, 0.6) is 0 Å². The van der Waals surface area contributed by atoms with Crippen LogP contribution in [-0.4, -0.2) is 34.7 Å². The van der Waals surface area contributed by atoms with Gasteiger partial charge in [-0.3, -0.25) is 4.79 Å². The number of rotatable bonds is 5. The Morgan fingerprint density at radius 3 is 2.56 bits per heavy atom. The van der Waals surface area contributed by atoms with Gasteiger partial charge in [0, 0.05) is 7.11 Å². The van der Waals surface area contributed by atoms with E-state index in [2.05, 4.69) is 10.3 Å². The molecule has 0 unspecified atom stereocenters. The first-order valence-corrected chi connectivity index (χ1v) is 6.12. The smallest absolute Gasteiger partial charge is 0.347 e. The van der Waals surface area contributed by atoms with Crippen LogP contribution in [0.3, 0.4) is 0 Å². The number of aromatic nitrogens is 1. The second-order valence-electron chi connectivity index (χ2n) is 4.22. The Morgan fingerprint density at radius 1 is 1.50 bits per heavy atom. The Labute approximate surface area is 109 Å². The van der Waals surface area contributed by atoms with E-state index in [0.29, 0.717) is 10.7 Å². The van der Waals surface area contributed by atoms with Gasteiger partial charge in [-0.1, -0.05) is 0 Å². The summed E-state index contributed by atoms with van der Waals surface area (Å²) >= 11 is 1.06. The molecule has 100 valence electrons. The number of methoxy groups -OCH3 is 1. The molecule has 1 heterocycles. The molecule has 18 heavy (non-hydrogen) atoms. The Hall–Kier alpha value is -1.47. The summed E-state index contributed by atoms with van der Waals surface area (Å²) in [5, 5.41) is 12.1. The molecule has 1 aromatic heterocycles. The summed E-state index contributed by atoms with van der Waals surface area (Å²) in [7, 11) is 1.45. The first-order chi connectivity index (χ1) is 8.27. The van der Waals surface area contributed by atoms with Crippen molar-refractivity contribution in [3.05, 3.63) is 15.6 Å². The molecule has 0 bridgehead atoms. The minimum absolute atomic E-state index is 0.199. The number of carboxylic acid groups (broad SMARTS) is 1. The third-order valence-electron chi connectivity index (χ3n) is 2.49. The fraction of sp³-hybridized carbons (Fsp3) is 0.545. The van der Waals surface area contributed by atoms with E-state index in [1.807, 2.05) is 0 Å². The summed E-state index contributed by atoms with van der Waals surface area (Å²) in [6.07, 6.45) is 0. The maximum Gasteiger partial charge on any atom is 0.347 e.